The van der Waals surface area contributed by atoms with Crippen LogP contribution < -0.4 is 15.3 Å². The highest BCUT2D eigenvalue weighted by Crippen LogP contribution is 2.25. The molecular weight excluding hydrogens is 373 g/mol. The Balaban J connectivity index is 1.87. The third-order valence-corrected chi connectivity index (χ3v) is 6.90. The highest BCUT2D eigenvalue weighted by molar-refractivity contribution is 7.56. The van der Waals surface area contributed by atoms with Crippen LogP contribution in [0.1, 0.15) is 36.1 Å². The lowest BCUT2D eigenvalue weighted by molar-refractivity contribution is 0.296. The second-order valence-corrected chi connectivity index (χ2v) is 8.76. The third kappa shape index (κ3) is 5.92. The van der Waals surface area contributed by atoms with E-state index in [2.05, 4.69) is 93.3 Å². The van der Waals surface area contributed by atoms with E-state index in [1.165, 1.54) is 32.9 Å². The van der Waals surface area contributed by atoms with Crippen molar-refractivity contribution in [2.45, 2.75) is 40.8 Å². The van der Waals surface area contributed by atoms with Gasteiger partial charge in [0.1, 0.15) is 12.4 Å². The Labute approximate surface area is 177 Å². The molecule has 1 unspecified atom stereocenters. The lowest BCUT2D eigenvalue weighted by Crippen LogP contribution is -2.26. The molecule has 0 spiro atoms. The number of ether oxygens (including phenoxy) is 1. The van der Waals surface area contributed by atoms with Gasteiger partial charge < -0.3 is 4.74 Å². The van der Waals surface area contributed by atoms with Gasteiger partial charge in [0, 0.05) is 11.8 Å². The van der Waals surface area contributed by atoms with Crippen molar-refractivity contribution in [1.29, 1.82) is 0 Å². The van der Waals surface area contributed by atoms with Crippen molar-refractivity contribution in [3.05, 3.63) is 89.0 Å². The molecule has 29 heavy (non-hydrogen) atoms. The lowest BCUT2D eigenvalue weighted by Gasteiger charge is -2.22. The zero-order valence-electron chi connectivity index (χ0n) is 18.0. The Kier molecular flexibility index (Phi) is 7.86. The van der Waals surface area contributed by atoms with E-state index in [-0.39, 0.29) is 0 Å². The first-order chi connectivity index (χ1) is 14.1. The molecule has 3 aromatic carbocycles. The van der Waals surface area contributed by atoms with Crippen LogP contribution in [-0.2, 0) is 13.2 Å². The third-order valence-electron chi connectivity index (χ3n) is 5.28. The van der Waals surface area contributed by atoms with Crippen molar-refractivity contribution < 1.29 is 4.74 Å². The van der Waals surface area contributed by atoms with Crippen LogP contribution in [-0.4, -0.2) is 18.0 Å². The summed E-state index contributed by atoms with van der Waals surface area (Å²) in [5, 5.41) is 2.74. The predicted octanol–water partition coefficient (Wildman–Crippen LogP) is 5.35. The number of aryl methyl sites for hydroxylation is 2. The zero-order chi connectivity index (χ0) is 20.6. The largest absolute Gasteiger partial charge is 0.488 e. The van der Waals surface area contributed by atoms with E-state index in [9.17, 15) is 0 Å². The summed E-state index contributed by atoms with van der Waals surface area (Å²) in [7, 11) is 0.588. The van der Waals surface area contributed by atoms with Gasteiger partial charge in [0.05, 0.1) is 0 Å². The molecule has 2 nitrogen and oxygen atoms in total. The van der Waals surface area contributed by atoms with E-state index in [1.807, 2.05) is 6.07 Å². The second-order valence-electron chi connectivity index (χ2n) is 7.47. The van der Waals surface area contributed by atoms with E-state index in [1.54, 1.807) is 0 Å². The first-order valence-electron chi connectivity index (χ1n) is 10.5. The van der Waals surface area contributed by atoms with Crippen LogP contribution in [0.5, 0.6) is 5.75 Å². The average molecular weight is 406 g/mol. The van der Waals surface area contributed by atoms with Gasteiger partial charge >= 0.3 is 0 Å². The van der Waals surface area contributed by atoms with Crippen molar-refractivity contribution >= 4 is 19.2 Å². The maximum absolute atomic E-state index is 6.25. The monoisotopic (exact) mass is 405 g/mol. The summed E-state index contributed by atoms with van der Waals surface area (Å²) in [4.78, 5) is 2.48. The molecule has 0 saturated carbocycles. The fourth-order valence-electron chi connectivity index (χ4n) is 3.46. The quantitative estimate of drug-likeness (QED) is 0.445. The summed E-state index contributed by atoms with van der Waals surface area (Å²) in [6.45, 7) is 12.6. The molecule has 0 heterocycles. The van der Waals surface area contributed by atoms with Gasteiger partial charge in [-0.25, -0.2) is 0 Å². The molecule has 0 aliphatic heterocycles. The number of nitrogens with zero attached hydrogens (tertiary/aromatic N) is 1. The smallest absolute Gasteiger partial charge is 0.127 e. The van der Waals surface area contributed by atoms with E-state index < -0.39 is 0 Å². The molecule has 3 aromatic rings. The molecule has 0 N–H and O–H groups in total. The molecule has 0 saturated heterocycles. The van der Waals surface area contributed by atoms with Gasteiger partial charge in [-0.3, -0.25) is 4.90 Å². The van der Waals surface area contributed by atoms with Crippen LogP contribution in [0.2, 0.25) is 0 Å². The van der Waals surface area contributed by atoms with Crippen LogP contribution in [0.15, 0.2) is 66.7 Å². The highest BCUT2D eigenvalue weighted by Gasteiger charge is 2.13. The Morgan fingerprint density at radius 2 is 1.62 bits per heavy atom. The Bertz CT molecular complexity index is 919. The van der Waals surface area contributed by atoms with Crippen LogP contribution in [0.3, 0.4) is 0 Å². The standard InChI is InChI=1S/C26H32NOP/c1-5-27(6-2)18-23-14-10-11-21(4)26(23)29-25-17-20(3)15-16-24(25)28-19-22-12-8-7-9-13-22/h7-17,29H,5-6,18-19H2,1-4H3. The number of benzene rings is 3. The van der Waals surface area contributed by atoms with E-state index in [4.69, 9.17) is 4.74 Å². The van der Waals surface area contributed by atoms with Crippen molar-refractivity contribution in [2.75, 3.05) is 13.1 Å². The van der Waals surface area contributed by atoms with Crippen molar-refractivity contribution in [2.24, 2.45) is 0 Å². The molecule has 0 aliphatic rings. The summed E-state index contributed by atoms with van der Waals surface area (Å²) in [6.07, 6.45) is 0. The number of hydrogen-bond donors (Lipinski definition) is 0. The Morgan fingerprint density at radius 1 is 0.862 bits per heavy atom. The van der Waals surface area contributed by atoms with Crippen molar-refractivity contribution in [3.63, 3.8) is 0 Å². The predicted molar refractivity (Wildman–Crippen MR) is 127 cm³/mol. The maximum Gasteiger partial charge on any atom is 0.127 e. The van der Waals surface area contributed by atoms with Crippen LogP contribution >= 0.6 is 8.58 Å². The van der Waals surface area contributed by atoms with Gasteiger partial charge in [0.15, 0.2) is 0 Å². The van der Waals surface area contributed by atoms with Gasteiger partial charge in [0.2, 0.25) is 0 Å². The number of rotatable bonds is 9. The number of hydrogen-bond acceptors (Lipinski definition) is 2. The second kappa shape index (κ2) is 10.6. The highest BCUT2D eigenvalue weighted by atomic mass is 31.1. The van der Waals surface area contributed by atoms with Crippen LogP contribution in [0.25, 0.3) is 0 Å². The van der Waals surface area contributed by atoms with Gasteiger partial charge in [0.25, 0.3) is 0 Å². The Morgan fingerprint density at radius 3 is 2.34 bits per heavy atom. The molecule has 1 atom stereocenters. The minimum atomic E-state index is 0.588. The molecule has 0 aliphatic carbocycles. The molecular formula is C26H32NOP. The zero-order valence-corrected chi connectivity index (χ0v) is 19.0. The SMILES string of the molecule is CCN(CC)Cc1cccc(C)c1Pc1cc(C)ccc1OCc1ccccc1. The van der Waals surface area contributed by atoms with Crippen molar-refractivity contribution in [3.8, 4) is 5.75 Å². The van der Waals surface area contributed by atoms with Crippen LogP contribution in [0, 0.1) is 13.8 Å². The van der Waals surface area contributed by atoms with E-state index >= 15 is 0 Å². The molecule has 3 heteroatoms. The fourth-order valence-corrected chi connectivity index (χ4v) is 4.92. The molecule has 0 fully saturated rings. The molecule has 0 amide bonds. The first-order valence-corrected chi connectivity index (χ1v) is 11.5. The summed E-state index contributed by atoms with van der Waals surface area (Å²) < 4.78 is 6.25. The fraction of sp³-hybridized carbons (Fsp3) is 0.308. The normalized spacial score (nSPS) is 11.5. The summed E-state index contributed by atoms with van der Waals surface area (Å²) >= 11 is 0. The lowest BCUT2D eigenvalue weighted by atomic mass is 10.1. The molecule has 0 aromatic heterocycles. The molecule has 0 radical (unpaired) electrons. The van der Waals surface area contributed by atoms with E-state index in [0.717, 1.165) is 25.4 Å². The molecule has 0 bridgehead atoms. The van der Waals surface area contributed by atoms with Crippen molar-refractivity contribution in [1.82, 2.24) is 4.90 Å². The van der Waals surface area contributed by atoms with Crippen LogP contribution in [0.4, 0.5) is 0 Å². The minimum absolute atomic E-state index is 0.588. The topological polar surface area (TPSA) is 12.5 Å². The van der Waals surface area contributed by atoms with Gasteiger partial charge in [-0.15, -0.1) is 0 Å². The first kappa shape index (κ1) is 21.6. The summed E-state index contributed by atoms with van der Waals surface area (Å²) in [5.41, 5.74) is 5.27. The van der Waals surface area contributed by atoms with Gasteiger partial charge in [-0.1, -0.05) is 82.6 Å². The minimum Gasteiger partial charge on any atom is -0.488 e. The molecule has 3 rings (SSSR count). The van der Waals surface area contributed by atoms with Gasteiger partial charge in [-0.2, -0.15) is 0 Å². The maximum atomic E-state index is 6.25. The van der Waals surface area contributed by atoms with Gasteiger partial charge in [-0.05, 0) is 61.1 Å². The summed E-state index contributed by atoms with van der Waals surface area (Å²) in [6, 6.07) is 23.6. The van der Waals surface area contributed by atoms with E-state index in [0.29, 0.717) is 15.2 Å². The average Bonchev–Trinajstić information content (AvgIpc) is 2.74. The Hall–Kier alpha value is -2.15. The summed E-state index contributed by atoms with van der Waals surface area (Å²) in [5.74, 6) is 0.995. The molecule has 152 valence electrons.